The van der Waals surface area contributed by atoms with Gasteiger partial charge in [-0.1, -0.05) is 12.1 Å². The lowest BCUT2D eigenvalue weighted by Crippen LogP contribution is -2.13. The van der Waals surface area contributed by atoms with Gasteiger partial charge >= 0.3 is 0 Å². The number of ether oxygens (including phenoxy) is 1. The second kappa shape index (κ2) is 8.54. The molecule has 1 aromatic heterocycles. The van der Waals surface area contributed by atoms with Crippen molar-refractivity contribution in [2.45, 2.75) is 26.2 Å². The van der Waals surface area contributed by atoms with E-state index in [-0.39, 0.29) is 5.91 Å². The van der Waals surface area contributed by atoms with Crippen LogP contribution in [0, 0.1) is 18.3 Å². The molecule has 1 aromatic carbocycles. The number of nitrogens with one attached hydrogen (secondary N) is 1. The van der Waals surface area contributed by atoms with E-state index < -0.39 is 0 Å². The number of aromatic nitrogens is 1. The molecule has 0 atom stereocenters. The van der Waals surface area contributed by atoms with Gasteiger partial charge < -0.3 is 10.1 Å². The molecule has 0 aliphatic carbocycles. The Hall–Kier alpha value is -2.87. The number of anilines is 1. The SMILES string of the molecule is Cc1cccnc1NC(=O)CCCCOc1cccc(C#N)c1. The van der Waals surface area contributed by atoms with Crippen molar-refractivity contribution in [1.82, 2.24) is 4.98 Å². The number of nitriles is 1. The summed E-state index contributed by atoms with van der Waals surface area (Å²) in [5, 5.41) is 11.6. The van der Waals surface area contributed by atoms with E-state index in [9.17, 15) is 4.79 Å². The molecule has 2 rings (SSSR count). The number of carbonyl (C=O) groups is 1. The predicted octanol–water partition coefficient (Wildman–Crippen LogP) is 3.45. The van der Waals surface area contributed by atoms with Crippen LogP contribution < -0.4 is 10.1 Å². The highest BCUT2D eigenvalue weighted by molar-refractivity contribution is 5.90. The first-order valence-corrected chi connectivity index (χ1v) is 7.53. The van der Waals surface area contributed by atoms with E-state index in [1.165, 1.54) is 0 Å². The molecule has 0 spiro atoms. The highest BCUT2D eigenvalue weighted by Crippen LogP contribution is 2.13. The predicted molar refractivity (Wildman–Crippen MR) is 88.1 cm³/mol. The van der Waals surface area contributed by atoms with E-state index in [2.05, 4.69) is 16.4 Å². The van der Waals surface area contributed by atoms with Crippen LogP contribution in [0.3, 0.4) is 0 Å². The zero-order valence-corrected chi connectivity index (χ0v) is 13.1. The maximum atomic E-state index is 11.9. The lowest BCUT2D eigenvalue weighted by molar-refractivity contribution is -0.116. The molecule has 5 heteroatoms. The Labute approximate surface area is 135 Å². The molecule has 0 saturated carbocycles. The largest absolute Gasteiger partial charge is 0.494 e. The molecule has 0 bridgehead atoms. The summed E-state index contributed by atoms with van der Waals surface area (Å²) in [6.45, 7) is 2.43. The summed E-state index contributed by atoms with van der Waals surface area (Å²) in [4.78, 5) is 16.0. The fraction of sp³-hybridized carbons (Fsp3) is 0.278. The van der Waals surface area contributed by atoms with Crippen LogP contribution in [-0.2, 0) is 4.79 Å². The average Bonchev–Trinajstić information content (AvgIpc) is 2.57. The maximum absolute atomic E-state index is 11.9. The quantitative estimate of drug-likeness (QED) is 0.795. The molecule has 1 amide bonds. The number of benzene rings is 1. The van der Waals surface area contributed by atoms with Gasteiger partial charge in [0.05, 0.1) is 18.2 Å². The lowest BCUT2D eigenvalue weighted by Gasteiger charge is -2.08. The first-order valence-electron chi connectivity index (χ1n) is 7.53. The van der Waals surface area contributed by atoms with E-state index in [0.717, 1.165) is 18.4 Å². The number of nitrogens with zero attached hydrogens (tertiary/aromatic N) is 2. The highest BCUT2D eigenvalue weighted by atomic mass is 16.5. The van der Waals surface area contributed by atoms with Gasteiger partial charge in [-0.3, -0.25) is 4.79 Å². The van der Waals surface area contributed by atoms with E-state index in [1.54, 1.807) is 24.4 Å². The zero-order valence-electron chi connectivity index (χ0n) is 13.1. The van der Waals surface area contributed by atoms with Crippen molar-refractivity contribution in [3.8, 4) is 11.8 Å². The summed E-state index contributed by atoms with van der Waals surface area (Å²) in [5.41, 5.74) is 1.52. The molecular weight excluding hydrogens is 290 g/mol. The van der Waals surface area contributed by atoms with E-state index in [4.69, 9.17) is 10.00 Å². The van der Waals surface area contributed by atoms with Gasteiger partial charge in [-0.15, -0.1) is 0 Å². The zero-order chi connectivity index (χ0) is 16.5. The summed E-state index contributed by atoms with van der Waals surface area (Å²) >= 11 is 0. The van der Waals surface area contributed by atoms with Crippen molar-refractivity contribution in [2.75, 3.05) is 11.9 Å². The monoisotopic (exact) mass is 309 g/mol. The van der Waals surface area contributed by atoms with Crippen LogP contribution in [-0.4, -0.2) is 17.5 Å². The van der Waals surface area contributed by atoms with Crippen molar-refractivity contribution in [2.24, 2.45) is 0 Å². The number of rotatable bonds is 7. The Morgan fingerprint density at radius 2 is 2.17 bits per heavy atom. The Balaban J connectivity index is 1.66. The lowest BCUT2D eigenvalue weighted by atomic mass is 10.2. The van der Waals surface area contributed by atoms with Crippen LogP contribution in [0.4, 0.5) is 5.82 Å². The van der Waals surface area contributed by atoms with Gasteiger partial charge in [0.2, 0.25) is 5.91 Å². The molecule has 0 fully saturated rings. The van der Waals surface area contributed by atoms with E-state index >= 15 is 0 Å². The number of amides is 1. The van der Waals surface area contributed by atoms with Crippen LogP contribution >= 0.6 is 0 Å². The third kappa shape index (κ3) is 5.44. The molecule has 1 N–H and O–H groups in total. The molecule has 2 aromatic rings. The van der Waals surface area contributed by atoms with Gasteiger partial charge in [0.1, 0.15) is 11.6 Å². The van der Waals surface area contributed by atoms with Crippen molar-refractivity contribution in [3.63, 3.8) is 0 Å². The summed E-state index contributed by atoms with van der Waals surface area (Å²) < 4.78 is 5.57. The summed E-state index contributed by atoms with van der Waals surface area (Å²) in [5.74, 6) is 1.25. The minimum absolute atomic E-state index is 0.0433. The summed E-state index contributed by atoms with van der Waals surface area (Å²) in [6, 6.07) is 12.9. The topological polar surface area (TPSA) is 75.0 Å². The van der Waals surface area contributed by atoms with E-state index in [0.29, 0.717) is 30.2 Å². The molecule has 0 radical (unpaired) electrons. The average molecular weight is 309 g/mol. The van der Waals surface area contributed by atoms with Gasteiger partial charge in [0, 0.05) is 12.6 Å². The first kappa shape index (κ1) is 16.5. The number of hydrogen-bond donors (Lipinski definition) is 1. The third-order valence-corrected chi connectivity index (χ3v) is 3.30. The second-order valence-electron chi connectivity index (χ2n) is 5.16. The van der Waals surface area contributed by atoms with Crippen LogP contribution in [0.2, 0.25) is 0 Å². The van der Waals surface area contributed by atoms with Gasteiger partial charge in [0.25, 0.3) is 0 Å². The van der Waals surface area contributed by atoms with Gasteiger partial charge in [0.15, 0.2) is 0 Å². The minimum Gasteiger partial charge on any atom is -0.494 e. The fourth-order valence-electron chi connectivity index (χ4n) is 2.04. The molecule has 0 unspecified atom stereocenters. The summed E-state index contributed by atoms with van der Waals surface area (Å²) in [7, 11) is 0. The molecule has 0 aliphatic rings. The minimum atomic E-state index is -0.0433. The first-order chi connectivity index (χ1) is 11.2. The van der Waals surface area contributed by atoms with Gasteiger partial charge in [-0.05, 0) is 49.6 Å². The Morgan fingerprint density at radius 3 is 2.96 bits per heavy atom. The van der Waals surface area contributed by atoms with Crippen LogP contribution in [0.5, 0.6) is 5.75 Å². The maximum Gasteiger partial charge on any atom is 0.225 e. The molecule has 0 aliphatic heterocycles. The number of carbonyl (C=O) groups excluding carboxylic acids is 1. The molecule has 5 nitrogen and oxygen atoms in total. The Morgan fingerprint density at radius 1 is 1.30 bits per heavy atom. The van der Waals surface area contributed by atoms with Gasteiger partial charge in [-0.25, -0.2) is 4.98 Å². The number of aryl methyl sites for hydroxylation is 1. The van der Waals surface area contributed by atoms with Crippen molar-refractivity contribution >= 4 is 11.7 Å². The molecular formula is C18H19N3O2. The van der Waals surface area contributed by atoms with Crippen LogP contribution in [0.15, 0.2) is 42.6 Å². The molecule has 0 saturated heterocycles. The smallest absolute Gasteiger partial charge is 0.225 e. The Kier molecular flexibility index (Phi) is 6.13. The van der Waals surface area contributed by atoms with Gasteiger partial charge in [-0.2, -0.15) is 5.26 Å². The normalized spacial score (nSPS) is 9.91. The third-order valence-electron chi connectivity index (χ3n) is 3.30. The highest BCUT2D eigenvalue weighted by Gasteiger charge is 2.05. The number of pyridine rings is 1. The second-order valence-corrected chi connectivity index (χ2v) is 5.16. The van der Waals surface area contributed by atoms with E-state index in [1.807, 2.05) is 25.1 Å². The number of unbranched alkanes of at least 4 members (excludes halogenated alkanes) is 1. The molecule has 1 heterocycles. The fourth-order valence-corrected chi connectivity index (χ4v) is 2.04. The molecule has 23 heavy (non-hydrogen) atoms. The van der Waals surface area contributed by atoms with Crippen molar-refractivity contribution in [1.29, 1.82) is 5.26 Å². The Bertz CT molecular complexity index is 707. The van der Waals surface area contributed by atoms with Crippen LogP contribution in [0.1, 0.15) is 30.4 Å². The molecule has 118 valence electrons. The van der Waals surface area contributed by atoms with Crippen molar-refractivity contribution < 1.29 is 9.53 Å². The van der Waals surface area contributed by atoms with Crippen molar-refractivity contribution in [3.05, 3.63) is 53.7 Å². The summed E-state index contributed by atoms with van der Waals surface area (Å²) in [6.07, 6.45) is 3.59. The number of hydrogen-bond acceptors (Lipinski definition) is 4. The van der Waals surface area contributed by atoms with Crippen LogP contribution in [0.25, 0.3) is 0 Å². The standard InChI is InChI=1S/C18H19N3O2/c1-14-6-5-10-20-18(14)21-17(22)9-2-3-11-23-16-8-4-7-15(12-16)13-19/h4-8,10,12H,2-3,9,11H2,1H3,(H,20,21,22).